The Hall–Kier alpha value is -4.14. The number of benzene rings is 2. The molecule has 14 heteroatoms. The SMILES string of the molecule is CC(C)CCN1C(=O)C(C2=NS(=O)(=O)c3cc(NS(=O)(=O)NCc4ccccc4)ccc3N2)C(=O)c2cccnc21. The van der Waals surface area contributed by atoms with Gasteiger partial charge in [-0.3, -0.25) is 19.2 Å². The van der Waals surface area contributed by atoms with Gasteiger partial charge in [0.15, 0.2) is 11.7 Å². The molecule has 2 aliphatic rings. The van der Waals surface area contributed by atoms with Gasteiger partial charge in [0.05, 0.1) is 16.9 Å². The van der Waals surface area contributed by atoms with Crippen LogP contribution >= 0.6 is 0 Å². The summed E-state index contributed by atoms with van der Waals surface area (Å²) in [6.07, 6.45) is 2.13. The van der Waals surface area contributed by atoms with Crippen LogP contribution in [0.5, 0.6) is 0 Å². The van der Waals surface area contributed by atoms with Crippen LogP contribution in [0.3, 0.4) is 0 Å². The molecular formula is C27H28N6O6S2. The van der Waals surface area contributed by atoms with Gasteiger partial charge >= 0.3 is 0 Å². The summed E-state index contributed by atoms with van der Waals surface area (Å²) in [6.45, 7) is 4.33. The van der Waals surface area contributed by atoms with Crippen LogP contribution in [-0.4, -0.2) is 45.9 Å². The molecule has 0 fully saturated rings. The molecule has 3 N–H and O–H groups in total. The van der Waals surface area contributed by atoms with Gasteiger partial charge in [-0.05, 0) is 48.2 Å². The van der Waals surface area contributed by atoms with E-state index in [0.29, 0.717) is 13.0 Å². The monoisotopic (exact) mass is 596 g/mol. The molecule has 1 amide bonds. The molecule has 5 rings (SSSR count). The molecule has 0 saturated carbocycles. The van der Waals surface area contributed by atoms with Gasteiger partial charge in [-0.1, -0.05) is 44.2 Å². The van der Waals surface area contributed by atoms with E-state index in [1.807, 2.05) is 19.9 Å². The highest BCUT2D eigenvalue weighted by molar-refractivity contribution is 7.91. The van der Waals surface area contributed by atoms with Crippen molar-refractivity contribution in [1.29, 1.82) is 0 Å². The number of sulfonamides is 1. The number of hydrogen-bond acceptors (Lipinski definition) is 8. The Bertz CT molecular complexity index is 1760. The zero-order chi connectivity index (χ0) is 29.4. The Morgan fingerprint density at radius 2 is 1.80 bits per heavy atom. The van der Waals surface area contributed by atoms with Crippen molar-refractivity contribution in [3.05, 3.63) is 78.0 Å². The zero-order valence-electron chi connectivity index (χ0n) is 22.2. The lowest BCUT2D eigenvalue weighted by Crippen LogP contribution is -2.51. The molecule has 0 saturated heterocycles. The first-order valence-electron chi connectivity index (χ1n) is 12.8. The molecule has 1 unspecified atom stereocenters. The summed E-state index contributed by atoms with van der Waals surface area (Å²) in [7, 11) is -8.45. The van der Waals surface area contributed by atoms with Crippen molar-refractivity contribution < 1.29 is 26.4 Å². The van der Waals surface area contributed by atoms with E-state index in [0.717, 1.165) is 11.6 Å². The average molecular weight is 597 g/mol. The van der Waals surface area contributed by atoms with Gasteiger partial charge in [0.25, 0.3) is 20.2 Å². The summed E-state index contributed by atoms with van der Waals surface area (Å²) in [5.74, 6) is -2.57. The van der Waals surface area contributed by atoms with E-state index in [1.165, 1.54) is 23.2 Å². The summed E-state index contributed by atoms with van der Waals surface area (Å²) in [6, 6.07) is 15.8. The van der Waals surface area contributed by atoms with Crippen LogP contribution in [-0.2, 0) is 31.6 Å². The highest BCUT2D eigenvalue weighted by Crippen LogP contribution is 2.35. The van der Waals surface area contributed by atoms with E-state index in [1.54, 1.807) is 36.4 Å². The second-order valence-corrected chi connectivity index (χ2v) is 13.1. The molecule has 41 heavy (non-hydrogen) atoms. The number of aromatic nitrogens is 1. The highest BCUT2D eigenvalue weighted by atomic mass is 32.2. The first-order valence-corrected chi connectivity index (χ1v) is 15.8. The third-order valence-corrected chi connectivity index (χ3v) is 8.95. The van der Waals surface area contributed by atoms with Gasteiger partial charge < -0.3 is 5.32 Å². The normalized spacial score (nSPS) is 17.9. The van der Waals surface area contributed by atoms with Crippen LogP contribution in [0.15, 0.2) is 76.2 Å². The maximum Gasteiger partial charge on any atom is 0.299 e. The van der Waals surface area contributed by atoms with Gasteiger partial charge in [0, 0.05) is 19.3 Å². The summed E-state index contributed by atoms with van der Waals surface area (Å²) < 4.78 is 60.1. The Morgan fingerprint density at radius 3 is 2.54 bits per heavy atom. The molecule has 0 radical (unpaired) electrons. The standard InChI is InChI=1S/C27H28N6O6S2/c1-17(2)12-14-33-26-20(9-6-13-28-26)24(34)23(27(33)35)25-30-21-11-10-19(15-22(21)40(36,37)32-25)31-41(38,39)29-16-18-7-4-3-5-8-18/h3-11,13,15,17,23,29,31H,12,14,16H2,1-2H3,(H,30,32). The van der Waals surface area contributed by atoms with Gasteiger partial charge in [-0.2, -0.15) is 21.6 Å². The van der Waals surface area contributed by atoms with Crippen molar-refractivity contribution >= 4 is 55.0 Å². The highest BCUT2D eigenvalue weighted by Gasteiger charge is 2.45. The number of rotatable bonds is 9. The number of carbonyl (C=O) groups excluding carboxylic acids is 2. The predicted molar refractivity (Wildman–Crippen MR) is 154 cm³/mol. The number of fused-ring (bicyclic) bond motifs is 2. The number of hydrogen-bond donors (Lipinski definition) is 3. The van der Waals surface area contributed by atoms with Crippen LogP contribution in [0, 0.1) is 11.8 Å². The number of nitrogens with zero attached hydrogens (tertiary/aromatic N) is 3. The minimum Gasteiger partial charge on any atom is -0.341 e. The molecule has 1 atom stereocenters. The lowest BCUT2D eigenvalue weighted by molar-refractivity contribution is -0.119. The molecular weight excluding hydrogens is 568 g/mol. The number of amidine groups is 1. The molecule has 2 aliphatic heterocycles. The number of pyridine rings is 1. The molecule has 3 heterocycles. The van der Waals surface area contributed by atoms with Crippen LogP contribution in [0.2, 0.25) is 0 Å². The van der Waals surface area contributed by atoms with E-state index in [4.69, 9.17) is 0 Å². The Morgan fingerprint density at radius 1 is 1.05 bits per heavy atom. The second kappa shape index (κ2) is 11.0. The van der Waals surface area contributed by atoms with E-state index in [-0.39, 0.29) is 45.9 Å². The van der Waals surface area contributed by atoms with Crippen molar-refractivity contribution in [2.75, 3.05) is 21.5 Å². The van der Waals surface area contributed by atoms with Gasteiger partial charge in [-0.25, -0.2) is 4.98 Å². The fourth-order valence-corrected chi connectivity index (χ4v) is 6.56. The number of amides is 1. The number of anilines is 3. The molecule has 214 valence electrons. The van der Waals surface area contributed by atoms with Crippen LogP contribution in [0.4, 0.5) is 17.2 Å². The molecule has 0 spiro atoms. The number of nitrogens with one attached hydrogen (secondary N) is 3. The van der Waals surface area contributed by atoms with Gasteiger partial charge in [0.1, 0.15) is 16.5 Å². The molecule has 1 aromatic heterocycles. The summed E-state index contributed by atoms with van der Waals surface area (Å²) in [5.41, 5.74) is 0.978. The fraction of sp³-hybridized carbons (Fsp3) is 0.259. The topological polar surface area (TPSA) is 167 Å². The van der Waals surface area contributed by atoms with Gasteiger partial charge in [0.2, 0.25) is 5.91 Å². The summed E-state index contributed by atoms with van der Waals surface area (Å²) >= 11 is 0. The van der Waals surface area contributed by atoms with Crippen LogP contribution in [0.25, 0.3) is 0 Å². The smallest absolute Gasteiger partial charge is 0.299 e. The number of ketones is 1. The van der Waals surface area contributed by atoms with Crippen molar-refractivity contribution in [3.8, 4) is 0 Å². The van der Waals surface area contributed by atoms with E-state index < -0.39 is 37.8 Å². The van der Waals surface area contributed by atoms with Crippen molar-refractivity contribution in [2.24, 2.45) is 16.2 Å². The lowest BCUT2D eigenvalue weighted by Gasteiger charge is -2.34. The Labute approximate surface area is 238 Å². The molecule has 0 bridgehead atoms. The minimum absolute atomic E-state index is 0.0157. The molecule has 3 aromatic rings. The van der Waals surface area contributed by atoms with Crippen molar-refractivity contribution in [2.45, 2.75) is 31.7 Å². The third-order valence-electron chi connectivity index (χ3n) is 6.59. The predicted octanol–water partition coefficient (Wildman–Crippen LogP) is 2.93. The lowest BCUT2D eigenvalue weighted by atomic mass is 9.90. The summed E-state index contributed by atoms with van der Waals surface area (Å²) in [4.78, 5) is 32.3. The van der Waals surface area contributed by atoms with E-state index in [9.17, 15) is 26.4 Å². The maximum atomic E-state index is 13.6. The van der Waals surface area contributed by atoms with Crippen molar-refractivity contribution in [3.63, 3.8) is 0 Å². The van der Waals surface area contributed by atoms with Crippen LogP contribution < -0.4 is 19.7 Å². The summed E-state index contributed by atoms with van der Waals surface area (Å²) in [5, 5.41) is 2.83. The first-order chi connectivity index (χ1) is 19.4. The number of Topliss-reactive ketones (excluding diaryl/α,β-unsaturated/α-hetero) is 1. The zero-order valence-corrected chi connectivity index (χ0v) is 23.9. The van der Waals surface area contributed by atoms with Crippen LogP contribution in [0.1, 0.15) is 36.2 Å². The third kappa shape index (κ3) is 5.99. The first kappa shape index (κ1) is 28.4. The quantitative estimate of drug-likeness (QED) is 0.317. The minimum atomic E-state index is -4.41. The van der Waals surface area contributed by atoms with E-state index >= 15 is 0 Å². The Balaban J connectivity index is 1.41. The molecule has 12 nitrogen and oxygen atoms in total. The molecule has 0 aliphatic carbocycles. The van der Waals surface area contributed by atoms with Gasteiger partial charge in [-0.15, -0.1) is 4.40 Å². The molecule has 2 aromatic carbocycles. The van der Waals surface area contributed by atoms with E-state index in [2.05, 4.69) is 24.1 Å². The average Bonchev–Trinajstić information content (AvgIpc) is 2.92. The Kier molecular flexibility index (Phi) is 7.64. The second-order valence-electron chi connectivity index (χ2n) is 10.0. The maximum absolute atomic E-state index is 13.6. The largest absolute Gasteiger partial charge is 0.341 e. The van der Waals surface area contributed by atoms with Crippen molar-refractivity contribution in [1.82, 2.24) is 9.71 Å². The number of carbonyl (C=O) groups is 2. The fourth-order valence-electron chi connectivity index (χ4n) is 4.51.